The SMILES string of the molecule is COCC1CCCCN1c1ccc(NC(=O)c2cccc3c2OCCN3c2ccc(C)cn2)cc1F. The van der Waals surface area contributed by atoms with E-state index in [9.17, 15) is 4.79 Å². The van der Waals surface area contributed by atoms with Crippen LogP contribution >= 0.6 is 0 Å². The van der Waals surface area contributed by atoms with Gasteiger partial charge < -0.3 is 24.6 Å². The van der Waals surface area contributed by atoms with E-state index >= 15 is 4.39 Å². The Morgan fingerprint density at radius 1 is 1.17 bits per heavy atom. The van der Waals surface area contributed by atoms with Gasteiger partial charge in [0.1, 0.15) is 18.2 Å². The number of piperidine rings is 1. The summed E-state index contributed by atoms with van der Waals surface area (Å²) in [5, 5.41) is 2.84. The Morgan fingerprint density at radius 2 is 2.06 bits per heavy atom. The van der Waals surface area contributed by atoms with E-state index in [0.717, 1.165) is 42.9 Å². The van der Waals surface area contributed by atoms with Crippen LogP contribution < -0.4 is 19.9 Å². The number of carbonyl (C=O) groups is 1. The summed E-state index contributed by atoms with van der Waals surface area (Å²) in [6.07, 6.45) is 4.92. The predicted octanol–water partition coefficient (Wildman–Crippen LogP) is 5.32. The molecule has 7 nitrogen and oxygen atoms in total. The molecule has 188 valence electrons. The number of pyridine rings is 1. The Bertz CT molecular complexity index is 1230. The van der Waals surface area contributed by atoms with Crippen LogP contribution in [-0.4, -0.2) is 50.3 Å². The lowest BCUT2D eigenvalue weighted by molar-refractivity contribution is 0.102. The molecule has 3 aromatic rings. The molecule has 2 aliphatic heterocycles. The number of nitrogens with one attached hydrogen (secondary N) is 1. The quantitative estimate of drug-likeness (QED) is 0.505. The topological polar surface area (TPSA) is 66.9 Å². The maximum Gasteiger partial charge on any atom is 0.259 e. The number of carbonyl (C=O) groups excluding carboxylic acids is 1. The average Bonchev–Trinajstić information content (AvgIpc) is 2.89. The first kappa shape index (κ1) is 24.1. The molecule has 1 atom stereocenters. The molecule has 1 amide bonds. The number of benzene rings is 2. The number of rotatable bonds is 6. The van der Waals surface area contributed by atoms with Gasteiger partial charge in [0.05, 0.1) is 36.1 Å². The second kappa shape index (κ2) is 10.5. The van der Waals surface area contributed by atoms with Crippen molar-refractivity contribution in [3.05, 3.63) is 71.7 Å². The van der Waals surface area contributed by atoms with Crippen LogP contribution in [0.15, 0.2) is 54.7 Å². The number of methoxy groups -OCH3 is 1. The molecule has 1 unspecified atom stereocenters. The summed E-state index contributed by atoms with van der Waals surface area (Å²) in [6.45, 7) is 4.39. The summed E-state index contributed by atoms with van der Waals surface area (Å²) < 4.78 is 26.4. The molecule has 0 radical (unpaired) electrons. The standard InChI is InChI=1S/C28H31FN4O3/c1-19-9-12-26(30-17-19)33-14-15-36-27-22(7-5-8-25(27)33)28(34)31-20-10-11-24(23(29)16-20)32-13-4-3-6-21(32)18-35-2/h5,7-12,16-17,21H,3-4,6,13-15,18H2,1-2H3,(H,31,34). The number of nitrogens with zero attached hydrogens (tertiary/aromatic N) is 3. The van der Waals surface area contributed by atoms with Gasteiger partial charge in [-0.3, -0.25) is 4.79 Å². The number of fused-ring (bicyclic) bond motifs is 1. The van der Waals surface area contributed by atoms with Crippen molar-refractivity contribution in [2.75, 3.05) is 48.5 Å². The smallest absolute Gasteiger partial charge is 0.259 e. The number of aryl methyl sites for hydroxylation is 1. The molecule has 0 saturated carbocycles. The van der Waals surface area contributed by atoms with Crippen molar-refractivity contribution in [1.29, 1.82) is 0 Å². The zero-order valence-electron chi connectivity index (χ0n) is 20.7. The third-order valence-corrected chi connectivity index (χ3v) is 6.76. The fourth-order valence-corrected chi connectivity index (χ4v) is 4.98. The lowest BCUT2D eigenvalue weighted by Crippen LogP contribution is -2.42. The molecule has 0 aliphatic carbocycles. The Morgan fingerprint density at radius 3 is 2.83 bits per heavy atom. The number of halogens is 1. The number of aromatic nitrogens is 1. The van der Waals surface area contributed by atoms with Crippen LogP contribution in [-0.2, 0) is 4.74 Å². The van der Waals surface area contributed by atoms with Gasteiger partial charge in [0.2, 0.25) is 0 Å². The largest absolute Gasteiger partial charge is 0.489 e. The van der Waals surface area contributed by atoms with E-state index in [1.165, 1.54) is 6.07 Å². The Kier molecular flexibility index (Phi) is 7.04. The van der Waals surface area contributed by atoms with Crippen molar-refractivity contribution in [3.63, 3.8) is 0 Å². The van der Waals surface area contributed by atoms with E-state index in [1.54, 1.807) is 25.3 Å². The van der Waals surface area contributed by atoms with Crippen molar-refractivity contribution in [2.45, 2.75) is 32.2 Å². The summed E-state index contributed by atoms with van der Waals surface area (Å²) >= 11 is 0. The van der Waals surface area contributed by atoms with Crippen molar-refractivity contribution < 1.29 is 18.7 Å². The number of hydrogen-bond acceptors (Lipinski definition) is 6. The van der Waals surface area contributed by atoms with E-state index < -0.39 is 0 Å². The summed E-state index contributed by atoms with van der Waals surface area (Å²) in [7, 11) is 1.67. The number of anilines is 4. The first-order valence-corrected chi connectivity index (χ1v) is 12.4. The van der Waals surface area contributed by atoms with Crippen LogP contribution in [0, 0.1) is 12.7 Å². The van der Waals surface area contributed by atoms with Gasteiger partial charge in [0, 0.05) is 25.5 Å². The van der Waals surface area contributed by atoms with E-state index in [2.05, 4.69) is 15.2 Å². The van der Waals surface area contributed by atoms with Crippen molar-refractivity contribution in [2.24, 2.45) is 0 Å². The highest BCUT2D eigenvalue weighted by atomic mass is 19.1. The summed E-state index contributed by atoms with van der Waals surface area (Å²) in [5.41, 5.74) is 3.18. The minimum Gasteiger partial charge on any atom is -0.489 e. The molecular formula is C28H31FN4O3. The first-order valence-electron chi connectivity index (χ1n) is 12.4. The number of amides is 1. The van der Waals surface area contributed by atoms with E-state index in [-0.39, 0.29) is 17.8 Å². The summed E-state index contributed by atoms with van der Waals surface area (Å²) in [4.78, 5) is 21.9. The maximum absolute atomic E-state index is 15.2. The van der Waals surface area contributed by atoms with Gasteiger partial charge in [-0.15, -0.1) is 0 Å². The molecule has 3 heterocycles. The molecule has 1 saturated heterocycles. The average molecular weight is 491 g/mol. The summed E-state index contributed by atoms with van der Waals surface area (Å²) in [5.74, 6) is 0.577. The van der Waals surface area contributed by atoms with Crippen LogP contribution in [0.5, 0.6) is 5.75 Å². The molecule has 8 heteroatoms. The zero-order valence-corrected chi connectivity index (χ0v) is 20.7. The molecule has 0 bridgehead atoms. The predicted molar refractivity (Wildman–Crippen MR) is 139 cm³/mol. The first-order chi connectivity index (χ1) is 17.5. The van der Waals surface area contributed by atoms with Crippen molar-refractivity contribution >= 4 is 28.8 Å². The van der Waals surface area contributed by atoms with E-state index in [1.807, 2.05) is 42.3 Å². The third-order valence-electron chi connectivity index (χ3n) is 6.76. The maximum atomic E-state index is 15.2. The highest BCUT2D eigenvalue weighted by Crippen LogP contribution is 2.39. The Balaban J connectivity index is 1.36. The van der Waals surface area contributed by atoms with Gasteiger partial charge in [-0.2, -0.15) is 0 Å². The van der Waals surface area contributed by atoms with Gasteiger partial charge in [-0.25, -0.2) is 9.37 Å². The normalized spacial score (nSPS) is 17.4. The number of para-hydroxylation sites is 1. The lowest BCUT2D eigenvalue weighted by atomic mass is 10.0. The van der Waals surface area contributed by atoms with Gasteiger partial charge >= 0.3 is 0 Å². The summed E-state index contributed by atoms with van der Waals surface area (Å²) in [6, 6.07) is 14.4. The molecule has 2 aliphatic rings. The lowest BCUT2D eigenvalue weighted by Gasteiger charge is -2.37. The Labute approximate surface area is 210 Å². The molecule has 5 rings (SSSR count). The van der Waals surface area contributed by atoms with E-state index in [4.69, 9.17) is 9.47 Å². The Hall–Kier alpha value is -3.65. The van der Waals surface area contributed by atoms with Gasteiger partial charge in [0.25, 0.3) is 5.91 Å². The second-order valence-corrected chi connectivity index (χ2v) is 9.27. The molecule has 1 N–H and O–H groups in total. The fourth-order valence-electron chi connectivity index (χ4n) is 4.98. The minimum absolute atomic E-state index is 0.151. The monoisotopic (exact) mass is 490 g/mol. The van der Waals surface area contributed by atoms with Crippen LogP contribution in [0.4, 0.5) is 27.3 Å². The van der Waals surface area contributed by atoms with E-state index in [0.29, 0.717) is 42.4 Å². The molecular weight excluding hydrogens is 459 g/mol. The molecule has 1 fully saturated rings. The highest BCUT2D eigenvalue weighted by molar-refractivity contribution is 6.07. The highest BCUT2D eigenvalue weighted by Gasteiger charge is 2.27. The van der Waals surface area contributed by atoms with Crippen LogP contribution in [0.1, 0.15) is 35.2 Å². The van der Waals surface area contributed by atoms with Gasteiger partial charge in [-0.1, -0.05) is 12.1 Å². The van der Waals surface area contributed by atoms with Crippen LogP contribution in [0.3, 0.4) is 0 Å². The fraction of sp³-hybridized carbons (Fsp3) is 0.357. The second-order valence-electron chi connectivity index (χ2n) is 9.27. The van der Waals surface area contributed by atoms with Crippen LogP contribution in [0.25, 0.3) is 0 Å². The molecule has 36 heavy (non-hydrogen) atoms. The molecule has 0 spiro atoms. The van der Waals surface area contributed by atoms with Gasteiger partial charge in [-0.05, 0) is 68.1 Å². The minimum atomic E-state index is -0.362. The van der Waals surface area contributed by atoms with Gasteiger partial charge in [0.15, 0.2) is 5.75 Å². The van der Waals surface area contributed by atoms with Crippen LogP contribution in [0.2, 0.25) is 0 Å². The number of hydrogen-bond donors (Lipinski definition) is 1. The molecule has 1 aromatic heterocycles. The van der Waals surface area contributed by atoms with Crippen molar-refractivity contribution in [3.8, 4) is 5.75 Å². The zero-order chi connectivity index (χ0) is 25.1. The third kappa shape index (κ3) is 4.86. The van der Waals surface area contributed by atoms with Crippen molar-refractivity contribution in [1.82, 2.24) is 4.98 Å². The number of ether oxygens (including phenoxy) is 2. The molecule has 2 aromatic carbocycles.